The van der Waals surface area contributed by atoms with Crippen molar-refractivity contribution < 1.29 is 0 Å². The van der Waals surface area contributed by atoms with Crippen LogP contribution in [0.1, 0.15) is 44.9 Å². The van der Waals surface area contributed by atoms with Gasteiger partial charge in [0.15, 0.2) is 0 Å². The van der Waals surface area contributed by atoms with Crippen LogP contribution in [0.25, 0.3) is 0 Å². The highest BCUT2D eigenvalue weighted by molar-refractivity contribution is 6.25. The minimum absolute atomic E-state index is 1.08. The van der Waals surface area contributed by atoms with Gasteiger partial charge in [0.25, 0.3) is 0 Å². The summed E-state index contributed by atoms with van der Waals surface area (Å²) >= 11 is 5.38. The number of hydrogen-bond acceptors (Lipinski definition) is 0. The summed E-state index contributed by atoms with van der Waals surface area (Å²) in [6.45, 7) is 3.80. The summed E-state index contributed by atoms with van der Waals surface area (Å²) in [5.74, 6) is 0. The molecule has 0 bridgehead atoms. The van der Waals surface area contributed by atoms with Crippen LogP contribution in [0.15, 0.2) is 11.6 Å². The number of allylic oxidation sites excluding steroid dienone is 1. The van der Waals surface area contributed by atoms with Gasteiger partial charge in [-0.1, -0.05) is 56.7 Å². The zero-order valence-electron chi connectivity index (χ0n) is 7.19. The summed E-state index contributed by atoms with van der Waals surface area (Å²) in [5.41, 5.74) is 1.61. The molecule has 0 saturated heterocycles. The maximum atomic E-state index is 5.38. The molecule has 0 aliphatic carbocycles. The summed E-state index contributed by atoms with van der Waals surface area (Å²) < 4.78 is 0. The highest BCUT2D eigenvalue weighted by Crippen LogP contribution is 2.06. The Labute approximate surface area is 75.6 Å². The third-order valence-corrected chi connectivity index (χ3v) is 1.89. The van der Waals surface area contributed by atoms with E-state index in [9.17, 15) is 0 Å². The van der Waals surface area contributed by atoms with Crippen LogP contribution in [0.4, 0.5) is 0 Å². The summed E-state index contributed by atoms with van der Waals surface area (Å²) in [5, 5.41) is 0. The highest BCUT2D eigenvalue weighted by atomic mass is 35.5. The van der Waals surface area contributed by atoms with Crippen molar-refractivity contribution in [1.29, 1.82) is 0 Å². The van der Waals surface area contributed by atoms with E-state index in [1.54, 1.807) is 5.54 Å². The average molecular weight is 174 g/mol. The molecule has 0 atom stereocenters. The molecule has 0 nitrogen and oxygen atoms in total. The molecular formula is C10H18Cl. The molecule has 0 spiro atoms. The van der Waals surface area contributed by atoms with Crippen LogP contribution in [-0.4, -0.2) is 0 Å². The molecule has 0 fully saturated rings. The first-order valence-corrected chi connectivity index (χ1v) is 4.90. The van der Waals surface area contributed by atoms with E-state index in [1.165, 1.54) is 32.1 Å². The van der Waals surface area contributed by atoms with Gasteiger partial charge in [0, 0.05) is 5.54 Å². The van der Waals surface area contributed by atoms with E-state index in [2.05, 4.69) is 6.92 Å². The second-order valence-electron chi connectivity index (χ2n) is 2.77. The van der Waals surface area contributed by atoms with Gasteiger partial charge in [-0.25, -0.2) is 0 Å². The van der Waals surface area contributed by atoms with E-state index in [1.807, 2.05) is 6.08 Å². The minimum Gasteiger partial charge on any atom is -0.0933 e. The van der Waals surface area contributed by atoms with E-state index in [-0.39, 0.29) is 0 Å². The van der Waals surface area contributed by atoms with Crippen molar-refractivity contribution in [3.05, 3.63) is 18.5 Å². The molecule has 0 aromatic heterocycles. The smallest absolute Gasteiger partial charge is 0.000245 e. The molecule has 0 aromatic rings. The van der Waals surface area contributed by atoms with Crippen LogP contribution in [0.2, 0.25) is 0 Å². The quantitative estimate of drug-likeness (QED) is 0.504. The summed E-state index contributed by atoms with van der Waals surface area (Å²) in [6, 6.07) is 0. The monoisotopic (exact) mass is 173 g/mol. The molecule has 0 amide bonds. The zero-order chi connectivity index (χ0) is 8.36. The maximum Gasteiger partial charge on any atom is 0.000245 e. The summed E-state index contributed by atoms with van der Waals surface area (Å²) in [7, 11) is 0. The predicted molar refractivity (Wildman–Crippen MR) is 52.7 cm³/mol. The molecule has 0 aliphatic rings. The van der Waals surface area contributed by atoms with Gasteiger partial charge in [-0.15, -0.1) is 0 Å². The van der Waals surface area contributed by atoms with Crippen LogP contribution in [0.3, 0.4) is 0 Å². The highest BCUT2D eigenvalue weighted by Gasteiger charge is 1.87. The number of halogens is 1. The Kier molecular flexibility index (Phi) is 10.1. The maximum absolute atomic E-state index is 5.38. The summed E-state index contributed by atoms with van der Waals surface area (Å²) in [4.78, 5) is 0. The molecule has 1 radical (unpaired) electrons. The Morgan fingerprint density at radius 2 is 1.64 bits per heavy atom. The van der Waals surface area contributed by atoms with Crippen molar-refractivity contribution in [2.24, 2.45) is 0 Å². The zero-order valence-corrected chi connectivity index (χ0v) is 7.95. The Morgan fingerprint density at radius 3 is 2.27 bits per heavy atom. The van der Waals surface area contributed by atoms with Gasteiger partial charge in [-0.3, -0.25) is 0 Å². The third kappa shape index (κ3) is 10.0. The van der Waals surface area contributed by atoms with Gasteiger partial charge in [0.2, 0.25) is 0 Å². The van der Waals surface area contributed by atoms with E-state index < -0.39 is 0 Å². The Balaban J connectivity index is 2.79. The Morgan fingerprint density at radius 1 is 1.00 bits per heavy atom. The lowest BCUT2D eigenvalue weighted by atomic mass is 10.1. The van der Waals surface area contributed by atoms with Crippen molar-refractivity contribution in [3.63, 3.8) is 0 Å². The normalized spacial score (nSPS) is 11.1. The molecule has 0 N–H and O–H groups in total. The molecule has 0 unspecified atom stereocenters. The molecule has 65 valence electrons. The molecule has 0 saturated carbocycles. The van der Waals surface area contributed by atoms with Crippen molar-refractivity contribution in [2.45, 2.75) is 44.9 Å². The van der Waals surface area contributed by atoms with E-state index >= 15 is 0 Å². The first-order valence-electron chi connectivity index (χ1n) is 4.46. The van der Waals surface area contributed by atoms with Crippen LogP contribution in [-0.2, 0) is 0 Å². The van der Waals surface area contributed by atoms with Gasteiger partial charge < -0.3 is 0 Å². The molecule has 1 heteroatoms. The topological polar surface area (TPSA) is 0 Å². The third-order valence-electron chi connectivity index (χ3n) is 1.71. The van der Waals surface area contributed by atoms with E-state index in [0.717, 1.165) is 12.8 Å². The van der Waals surface area contributed by atoms with Crippen molar-refractivity contribution in [2.75, 3.05) is 0 Å². The summed E-state index contributed by atoms with van der Waals surface area (Å²) in [6.07, 6.45) is 10.8. The van der Waals surface area contributed by atoms with Gasteiger partial charge in [0.05, 0.1) is 0 Å². The number of rotatable bonds is 7. The van der Waals surface area contributed by atoms with Crippen LogP contribution < -0.4 is 0 Å². The first kappa shape index (κ1) is 11.0. The molecule has 0 heterocycles. The molecular weight excluding hydrogens is 156 g/mol. The van der Waals surface area contributed by atoms with E-state index in [0.29, 0.717) is 0 Å². The fraction of sp³-hybridized carbons (Fsp3) is 0.700. The van der Waals surface area contributed by atoms with Crippen LogP contribution >= 0.6 is 11.6 Å². The lowest BCUT2D eigenvalue weighted by Crippen LogP contribution is -1.77. The lowest BCUT2D eigenvalue weighted by Gasteiger charge is -1.96. The van der Waals surface area contributed by atoms with Crippen molar-refractivity contribution in [3.8, 4) is 0 Å². The largest absolute Gasteiger partial charge is 0.0933 e. The van der Waals surface area contributed by atoms with Crippen LogP contribution in [0, 0.1) is 6.92 Å². The number of unbranched alkanes of at least 4 members (excludes halogenated alkanes) is 6. The number of hydrogen-bond donors (Lipinski definition) is 0. The lowest BCUT2D eigenvalue weighted by molar-refractivity contribution is 0.621. The fourth-order valence-electron chi connectivity index (χ4n) is 1.03. The second-order valence-corrected chi connectivity index (χ2v) is 3.02. The molecule has 0 rings (SSSR count). The van der Waals surface area contributed by atoms with Gasteiger partial charge in [-0.2, -0.15) is 0 Å². The predicted octanol–water partition coefficient (Wildman–Crippen LogP) is 4.30. The molecule has 11 heavy (non-hydrogen) atoms. The van der Waals surface area contributed by atoms with Crippen LogP contribution in [0.5, 0.6) is 0 Å². The molecule has 0 aromatic carbocycles. The molecule has 0 aliphatic heterocycles. The van der Waals surface area contributed by atoms with Crippen molar-refractivity contribution >= 4 is 11.6 Å². The fourth-order valence-corrected chi connectivity index (χ4v) is 1.16. The average Bonchev–Trinajstić information content (AvgIpc) is 2.03. The minimum atomic E-state index is 1.08. The van der Waals surface area contributed by atoms with Crippen molar-refractivity contribution in [1.82, 2.24) is 0 Å². The standard InChI is InChI=1S/C10H18Cl/c1-2-3-4-5-6-7-8-9-10-11/h9-10H,1-8H2/b10-9-. The Hall–Kier alpha value is 0.0300. The van der Waals surface area contributed by atoms with Gasteiger partial charge in [-0.05, 0) is 12.8 Å². The van der Waals surface area contributed by atoms with Gasteiger partial charge in [0.1, 0.15) is 0 Å². The van der Waals surface area contributed by atoms with E-state index in [4.69, 9.17) is 11.6 Å². The van der Waals surface area contributed by atoms with Gasteiger partial charge >= 0.3 is 0 Å². The Bertz CT molecular complexity index is 86.9. The second kappa shape index (κ2) is 10.0. The first-order chi connectivity index (χ1) is 5.41. The SMILES string of the molecule is [CH2]CCCCCCC/C=C\Cl.